The van der Waals surface area contributed by atoms with E-state index in [-0.39, 0.29) is 11.7 Å². The van der Waals surface area contributed by atoms with E-state index < -0.39 is 0 Å². The summed E-state index contributed by atoms with van der Waals surface area (Å²) in [5.41, 5.74) is 4.69. The third kappa shape index (κ3) is 4.31. The first-order valence-corrected chi connectivity index (χ1v) is 11.8. The molecule has 1 aromatic carbocycles. The smallest absolute Gasteiger partial charge is 0.329 e. The number of ether oxygens (including phenoxy) is 2. The van der Waals surface area contributed by atoms with Gasteiger partial charge in [-0.25, -0.2) is 9.78 Å². The Morgan fingerprint density at radius 2 is 1.88 bits per heavy atom. The van der Waals surface area contributed by atoms with Crippen molar-refractivity contribution in [3.63, 3.8) is 0 Å². The topological polar surface area (TPSA) is 74.4 Å². The van der Waals surface area contributed by atoms with Crippen LogP contribution < -0.4 is 10.4 Å². The molecule has 4 heterocycles. The average molecular weight is 462 g/mol. The van der Waals surface area contributed by atoms with Crippen LogP contribution in [0, 0.1) is 0 Å². The molecule has 0 spiro atoms. The van der Waals surface area contributed by atoms with Gasteiger partial charge in [0.15, 0.2) is 0 Å². The zero-order valence-corrected chi connectivity index (χ0v) is 20.0. The number of rotatable bonds is 7. The van der Waals surface area contributed by atoms with E-state index in [0.29, 0.717) is 25.7 Å². The summed E-state index contributed by atoms with van der Waals surface area (Å²) >= 11 is 0. The van der Waals surface area contributed by atoms with Gasteiger partial charge in [-0.2, -0.15) is 0 Å². The molecule has 5 rings (SSSR count). The maximum atomic E-state index is 13.2. The van der Waals surface area contributed by atoms with E-state index in [1.807, 2.05) is 36.0 Å². The maximum Gasteiger partial charge on any atom is 0.329 e. The highest BCUT2D eigenvalue weighted by atomic mass is 16.5. The van der Waals surface area contributed by atoms with Crippen LogP contribution in [-0.4, -0.2) is 64.5 Å². The Bertz CT molecular complexity index is 1350. The van der Waals surface area contributed by atoms with E-state index in [9.17, 15) is 4.79 Å². The molecule has 0 atom stereocenters. The molecular weight excluding hydrogens is 430 g/mol. The van der Waals surface area contributed by atoms with Gasteiger partial charge in [0.25, 0.3) is 0 Å². The van der Waals surface area contributed by atoms with Crippen molar-refractivity contribution in [2.75, 3.05) is 40.5 Å². The number of nitrogens with zero attached hydrogens (tertiary/aromatic N) is 5. The number of hydrogen-bond acceptors (Lipinski definition) is 6. The van der Waals surface area contributed by atoms with Gasteiger partial charge >= 0.3 is 5.69 Å². The fourth-order valence-corrected chi connectivity index (χ4v) is 4.68. The minimum atomic E-state index is -0.000891. The summed E-state index contributed by atoms with van der Waals surface area (Å²) in [6, 6.07) is 10.3. The Morgan fingerprint density at radius 3 is 2.62 bits per heavy atom. The molecule has 1 aliphatic heterocycles. The van der Waals surface area contributed by atoms with Crippen LogP contribution in [0.1, 0.15) is 25.3 Å². The van der Waals surface area contributed by atoms with Crippen LogP contribution in [0.25, 0.3) is 33.1 Å². The van der Waals surface area contributed by atoms with Crippen molar-refractivity contribution in [2.45, 2.75) is 25.3 Å². The van der Waals surface area contributed by atoms with Crippen molar-refractivity contribution in [2.24, 2.45) is 7.05 Å². The van der Waals surface area contributed by atoms with Crippen LogP contribution in [0.2, 0.25) is 0 Å². The maximum absolute atomic E-state index is 13.2. The van der Waals surface area contributed by atoms with Crippen LogP contribution >= 0.6 is 0 Å². The highest BCUT2D eigenvalue weighted by Gasteiger charge is 2.23. The van der Waals surface area contributed by atoms with Gasteiger partial charge in [0, 0.05) is 56.1 Å². The van der Waals surface area contributed by atoms with Gasteiger partial charge < -0.3 is 14.4 Å². The van der Waals surface area contributed by atoms with E-state index in [1.165, 1.54) is 0 Å². The molecule has 178 valence electrons. The third-order valence-electron chi connectivity index (χ3n) is 6.54. The van der Waals surface area contributed by atoms with Crippen molar-refractivity contribution >= 4 is 21.9 Å². The van der Waals surface area contributed by atoms with Gasteiger partial charge in [-0.05, 0) is 57.1 Å². The summed E-state index contributed by atoms with van der Waals surface area (Å²) < 4.78 is 15.0. The van der Waals surface area contributed by atoms with Crippen molar-refractivity contribution in [3.05, 3.63) is 53.2 Å². The molecule has 1 saturated heterocycles. The van der Waals surface area contributed by atoms with E-state index >= 15 is 0 Å². The summed E-state index contributed by atoms with van der Waals surface area (Å²) in [6.07, 6.45) is 6.27. The monoisotopic (exact) mass is 461 g/mol. The molecule has 0 saturated carbocycles. The first kappa shape index (κ1) is 22.6. The number of hydrogen-bond donors (Lipinski definition) is 0. The van der Waals surface area contributed by atoms with Gasteiger partial charge in [-0.3, -0.25) is 14.1 Å². The first-order chi connectivity index (χ1) is 16.5. The average Bonchev–Trinajstić information content (AvgIpc) is 3.12. The molecule has 3 aromatic heterocycles. The van der Waals surface area contributed by atoms with Crippen LogP contribution in [-0.2, 0) is 11.8 Å². The van der Waals surface area contributed by atoms with Crippen molar-refractivity contribution in [1.82, 2.24) is 24.0 Å². The zero-order chi connectivity index (χ0) is 23.7. The summed E-state index contributed by atoms with van der Waals surface area (Å²) in [5.74, 6) is 0.628. The standard InChI is InChI=1S/C26H31N5O3/c1-29(2)11-4-12-34-24-8-6-19(16-28-24)18-5-7-22-21(15-18)25-23(17-27-22)30(3)26(32)31(25)20-9-13-33-14-10-20/h5-8,15-17,20H,4,9-14H2,1-3H3. The van der Waals surface area contributed by atoms with Gasteiger partial charge in [-0.1, -0.05) is 6.07 Å². The molecule has 0 bridgehead atoms. The summed E-state index contributed by atoms with van der Waals surface area (Å²) in [5, 5.41) is 0.975. The minimum absolute atomic E-state index is 0.000891. The Hall–Kier alpha value is -3.23. The van der Waals surface area contributed by atoms with Crippen LogP contribution in [0.3, 0.4) is 0 Å². The lowest BCUT2D eigenvalue weighted by molar-refractivity contribution is 0.0697. The zero-order valence-electron chi connectivity index (χ0n) is 20.0. The van der Waals surface area contributed by atoms with E-state index in [2.05, 4.69) is 41.1 Å². The Labute approximate surface area is 198 Å². The lowest BCUT2D eigenvalue weighted by atomic mass is 10.0. The predicted molar refractivity (Wildman–Crippen MR) is 133 cm³/mol. The van der Waals surface area contributed by atoms with Crippen molar-refractivity contribution in [3.8, 4) is 17.0 Å². The second-order valence-corrected chi connectivity index (χ2v) is 9.17. The van der Waals surface area contributed by atoms with Crippen LogP contribution in [0.15, 0.2) is 47.5 Å². The van der Waals surface area contributed by atoms with Gasteiger partial charge in [0.05, 0.1) is 29.4 Å². The number of aryl methyl sites for hydroxylation is 1. The fraction of sp³-hybridized carbons (Fsp3) is 0.423. The molecule has 0 N–H and O–H groups in total. The second-order valence-electron chi connectivity index (χ2n) is 9.17. The van der Waals surface area contributed by atoms with E-state index in [4.69, 9.17) is 9.47 Å². The molecule has 8 nitrogen and oxygen atoms in total. The van der Waals surface area contributed by atoms with Crippen molar-refractivity contribution in [1.29, 1.82) is 0 Å². The normalized spacial score (nSPS) is 14.9. The number of aromatic nitrogens is 4. The Balaban J connectivity index is 1.51. The molecule has 0 amide bonds. The predicted octanol–water partition coefficient (Wildman–Crippen LogP) is 3.63. The van der Waals surface area contributed by atoms with E-state index in [1.54, 1.807) is 10.8 Å². The quantitative estimate of drug-likeness (QED) is 0.391. The molecule has 8 heteroatoms. The third-order valence-corrected chi connectivity index (χ3v) is 6.54. The van der Waals surface area contributed by atoms with Crippen LogP contribution in [0.5, 0.6) is 5.88 Å². The molecule has 0 unspecified atom stereocenters. The number of fused-ring (bicyclic) bond motifs is 3. The molecule has 0 aliphatic carbocycles. The highest BCUT2D eigenvalue weighted by molar-refractivity contribution is 6.04. The molecule has 0 radical (unpaired) electrons. The number of imidazole rings is 1. The number of pyridine rings is 2. The van der Waals surface area contributed by atoms with Crippen LogP contribution in [0.4, 0.5) is 0 Å². The summed E-state index contributed by atoms with van der Waals surface area (Å²) in [4.78, 5) is 24.5. The summed E-state index contributed by atoms with van der Waals surface area (Å²) in [7, 11) is 5.93. The van der Waals surface area contributed by atoms with Gasteiger partial charge in [0.2, 0.25) is 5.88 Å². The largest absolute Gasteiger partial charge is 0.478 e. The molecular formula is C26H31N5O3. The molecule has 1 aliphatic rings. The highest BCUT2D eigenvalue weighted by Crippen LogP contribution is 2.32. The molecule has 34 heavy (non-hydrogen) atoms. The first-order valence-electron chi connectivity index (χ1n) is 11.8. The lowest BCUT2D eigenvalue weighted by Gasteiger charge is -2.23. The Morgan fingerprint density at radius 1 is 1.09 bits per heavy atom. The molecule has 4 aromatic rings. The van der Waals surface area contributed by atoms with Gasteiger partial charge in [0.1, 0.15) is 0 Å². The summed E-state index contributed by atoms with van der Waals surface area (Å²) in [6.45, 7) is 2.98. The van der Waals surface area contributed by atoms with E-state index in [0.717, 1.165) is 58.9 Å². The second kappa shape index (κ2) is 9.56. The van der Waals surface area contributed by atoms with Gasteiger partial charge in [-0.15, -0.1) is 0 Å². The number of benzene rings is 1. The van der Waals surface area contributed by atoms with Crippen molar-refractivity contribution < 1.29 is 9.47 Å². The fourth-order valence-electron chi connectivity index (χ4n) is 4.68. The minimum Gasteiger partial charge on any atom is -0.478 e. The SMILES string of the molecule is CN(C)CCCOc1ccc(-c2ccc3ncc4c(c3c2)n(C2CCOCC2)c(=O)n4C)cn1. The lowest BCUT2D eigenvalue weighted by Crippen LogP contribution is -2.29. The molecule has 1 fully saturated rings. The Kier molecular flexibility index (Phi) is 6.34.